The zero-order valence-electron chi connectivity index (χ0n) is 24.7. The molecule has 1 saturated heterocycles. The lowest BCUT2D eigenvalue weighted by molar-refractivity contribution is -0.117. The summed E-state index contributed by atoms with van der Waals surface area (Å²) in [5, 5.41) is 6.62. The Morgan fingerprint density at radius 3 is 2.51 bits per heavy atom. The zero-order valence-corrected chi connectivity index (χ0v) is 26.3. The number of anilines is 1. The number of halogens is 2. The number of rotatable bonds is 11. The van der Waals surface area contributed by atoms with Gasteiger partial charge in [-0.2, -0.15) is 4.31 Å². The van der Waals surface area contributed by atoms with Gasteiger partial charge in [-0.3, -0.25) is 4.79 Å². The van der Waals surface area contributed by atoms with Crippen molar-refractivity contribution in [2.45, 2.75) is 35.7 Å². The number of hydrogen-bond donors (Lipinski definition) is 3. The molecule has 2 heterocycles. The molecular formula is C33H35ClFN5O4S. The first-order chi connectivity index (χ1) is 21.7. The van der Waals surface area contributed by atoms with Crippen LogP contribution in [0.3, 0.4) is 0 Å². The molecule has 3 aromatic carbocycles. The molecule has 1 fully saturated rings. The molecular weight excluding hydrogens is 617 g/mol. The molecule has 0 unspecified atom stereocenters. The first-order valence-corrected chi connectivity index (χ1v) is 16.4. The molecule has 236 valence electrons. The molecule has 45 heavy (non-hydrogen) atoms. The highest BCUT2D eigenvalue weighted by Gasteiger charge is 2.34. The van der Waals surface area contributed by atoms with Gasteiger partial charge in [0.05, 0.1) is 18.0 Å². The molecule has 5 rings (SSSR count). The molecule has 0 radical (unpaired) electrons. The average molecular weight is 652 g/mol. The Bertz CT molecular complexity index is 1710. The van der Waals surface area contributed by atoms with Crippen molar-refractivity contribution in [3.63, 3.8) is 0 Å². The van der Waals surface area contributed by atoms with Gasteiger partial charge in [-0.15, -0.1) is 0 Å². The Hall–Kier alpha value is -3.87. The Morgan fingerprint density at radius 1 is 1.09 bits per heavy atom. The first kappa shape index (κ1) is 32.5. The molecule has 1 aliphatic rings. The Labute approximate surface area is 267 Å². The molecule has 4 N–H and O–H groups in total. The van der Waals surface area contributed by atoms with Crippen LogP contribution in [-0.4, -0.2) is 62.4 Å². The lowest BCUT2D eigenvalue weighted by Crippen LogP contribution is -2.53. The van der Waals surface area contributed by atoms with Crippen LogP contribution >= 0.6 is 11.6 Å². The van der Waals surface area contributed by atoms with E-state index in [0.717, 1.165) is 5.56 Å². The van der Waals surface area contributed by atoms with Gasteiger partial charge in [0.15, 0.2) is 0 Å². The maximum atomic E-state index is 15.3. The number of methoxy groups -OCH3 is 1. The number of nitrogens with one attached hydrogen (secondary N) is 2. The number of carbonyl (C=O) groups is 1. The van der Waals surface area contributed by atoms with Crippen molar-refractivity contribution >= 4 is 33.2 Å². The lowest BCUT2D eigenvalue weighted by atomic mass is 9.85. The van der Waals surface area contributed by atoms with Crippen LogP contribution in [0.4, 0.5) is 10.1 Å². The van der Waals surface area contributed by atoms with Crippen LogP contribution in [0, 0.1) is 5.82 Å². The molecule has 1 amide bonds. The summed E-state index contributed by atoms with van der Waals surface area (Å²) in [6.07, 6.45) is 2.12. The molecule has 0 spiro atoms. The topological polar surface area (TPSA) is 127 Å². The number of aromatic nitrogens is 1. The van der Waals surface area contributed by atoms with E-state index in [-0.39, 0.29) is 22.6 Å². The van der Waals surface area contributed by atoms with E-state index in [9.17, 15) is 13.2 Å². The highest BCUT2D eigenvalue weighted by atomic mass is 35.5. The largest absolute Gasteiger partial charge is 0.481 e. The average Bonchev–Trinajstić information content (AvgIpc) is 3.06. The normalized spacial score (nSPS) is 16.9. The molecule has 0 saturated carbocycles. The van der Waals surface area contributed by atoms with Crippen LogP contribution in [0.1, 0.15) is 29.0 Å². The smallest absolute Gasteiger partial charge is 0.243 e. The van der Waals surface area contributed by atoms with Gasteiger partial charge in [-0.1, -0.05) is 54.1 Å². The quantitative estimate of drug-likeness (QED) is 0.217. The van der Waals surface area contributed by atoms with Crippen LogP contribution in [0.5, 0.6) is 5.88 Å². The first-order valence-electron chi connectivity index (χ1n) is 14.6. The minimum absolute atomic E-state index is 0.188. The van der Waals surface area contributed by atoms with Gasteiger partial charge in [0.1, 0.15) is 5.82 Å². The molecule has 3 atom stereocenters. The zero-order chi connectivity index (χ0) is 32.0. The van der Waals surface area contributed by atoms with Crippen LogP contribution in [0.2, 0.25) is 5.02 Å². The summed E-state index contributed by atoms with van der Waals surface area (Å²) >= 11 is 6.12. The van der Waals surface area contributed by atoms with Gasteiger partial charge in [0.2, 0.25) is 21.8 Å². The summed E-state index contributed by atoms with van der Waals surface area (Å²) in [7, 11) is -2.23. The molecule has 1 aliphatic heterocycles. The van der Waals surface area contributed by atoms with E-state index < -0.39 is 39.7 Å². The summed E-state index contributed by atoms with van der Waals surface area (Å²) < 4.78 is 48.8. The van der Waals surface area contributed by atoms with Crippen LogP contribution in [0.15, 0.2) is 96.0 Å². The second-order valence-electron chi connectivity index (χ2n) is 10.8. The van der Waals surface area contributed by atoms with Gasteiger partial charge in [0, 0.05) is 60.1 Å². The number of pyridine rings is 1. The number of amides is 1. The lowest BCUT2D eigenvalue weighted by Gasteiger charge is -2.35. The van der Waals surface area contributed by atoms with Crippen molar-refractivity contribution in [3.8, 4) is 5.88 Å². The van der Waals surface area contributed by atoms with Gasteiger partial charge in [0.25, 0.3) is 0 Å². The number of hydrogen-bond acceptors (Lipinski definition) is 7. The monoisotopic (exact) mass is 651 g/mol. The van der Waals surface area contributed by atoms with E-state index in [1.165, 1.54) is 23.5 Å². The van der Waals surface area contributed by atoms with Crippen LogP contribution < -0.4 is 21.1 Å². The molecule has 0 aliphatic carbocycles. The minimum Gasteiger partial charge on any atom is -0.481 e. The van der Waals surface area contributed by atoms with Gasteiger partial charge in [-0.05, 0) is 60.4 Å². The fourth-order valence-corrected chi connectivity index (χ4v) is 7.42. The third-order valence-electron chi connectivity index (χ3n) is 7.97. The predicted molar refractivity (Wildman–Crippen MR) is 172 cm³/mol. The summed E-state index contributed by atoms with van der Waals surface area (Å²) in [4.78, 5) is 18.2. The third kappa shape index (κ3) is 7.51. The summed E-state index contributed by atoms with van der Waals surface area (Å²) in [6, 6.07) is 21.8. The van der Waals surface area contributed by atoms with Crippen molar-refractivity contribution in [1.82, 2.24) is 14.6 Å². The fourth-order valence-electron chi connectivity index (χ4n) is 5.61. The Balaban J connectivity index is 1.36. The van der Waals surface area contributed by atoms with Crippen molar-refractivity contribution < 1.29 is 22.3 Å². The number of nitrogens with zero attached hydrogens (tertiary/aromatic N) is 2. The number of piperazine rings is 1. The van der Waals surface area contributed by atoms with E-state index in [2.05, 4.69) is 15.6 Å². The number of benzene rings is 3. The number of ether oxygens (including phenoxy) is 1. The van der Waals surface area contributed by atoms with E-state index in [1.807, 2.05) is 0 Å². The van der Waals surface area contributed by atoms with Gasteiger partial charge >= 0.3 is 0 Å². The number of carbonyl (C=O) groups excluding carboxylic acids is 1. The summed E-state index contributed by atoms with van der Waals surface area (Å²) in [5.74, 6) is -1.21. The van der Waals surface area contributed by atoms with E-state index in [0.29, 0.717) is 42.5 Å². The summed E-state index contributed by atoms with van der Waals surface area (Å²) in [6.45, 7) is 1.23. The Morgan fingerprint density at radius 2 is 1.82 bits per heavy atom. The van der Waals surface area contributed by atoms with Crippen molar-refractivity contribution in [3.05, 3.63) is 119 Å². The maximum Gasteiger partial charge on any atom is 0.243 e. The number of nitrogens with two attached hydrogens (primary N) is 1. The van der Waals surface area contributed by atoms with Crippen molar-refractivity contribution in [2.75, 3.05) is 32.1 Å². The van der Waals surface area contributed by atoms with Crippen molar-refractivity contribution in [1.29, 1.82) is 0 Å². The maximum absolute atomic E-state index is 15.3. The number of sulfonamides is 1. The highest BCUT2D eigenvalue weighted by Crippen LogP contribution is 2.31. The molecule has 12 heteroatoms. The van der Waals surface area contributed by atoms with E-state index in [4.69, 9.17) is 22.1 Å². The Kier molecular flexibility index (Phi) is 10.5. The second-order valence-corrected chi connectivity index (χ2v) is 13.1. The SMILES string of the molecule is COc1ccc([C@H](c2ccc(Cl)cc2)[C@H](N)C(=O)Nc2cccc(F)c2CC[C@H]2CNCCN2S(=O)(=O)c2ccccc2)cn1. The molecule has 0 bridgehead atoms. The standard InChI is InChI=1S/C33H35ClFN5O4S/c1-44-30-17-12-23(20-38-30)31(22-10-13-24(34)14-11-22)32(36)33(41)39-29-9-5-8-28(35)27(29)16-15-25-21-37-18-19-40(25)45(42,43)26-6-3-2-4-7-26/h2-14,17,20,25,31-32,37H,15-16,18-19,21,36H2,1H3,(H,39,41)/t25-,31-,32-/m0/s1. The second kappa shape index (κ2) is 14.5. The predicted octanol–water partition coefficient (Wildman–Crippen LogP) is 4.58. The van der Waals surface area contributed by atoms with Crippen LogP contribution in [0.25, 0.3) is 0 Å². The van der Waals surface area contributed by atoms with Crippen molar-refractivity contribution in [2.24, 2.45) is 5.73 Å². The molecule has 1 aromatic heterocycles. The highest BCUT2D eigenvalue weighted by molar-refractivity contribution is 7.89. The van der Waals surface area contributed by atoms with Crippen LogP contribution in [-0.2, 0) is 21.2 Å². The third-order valence-corrected chi connectivity index (χ3v) is 10.2. The van der Waals surface area contributed by atoms with E-state index >= 15 is 4.39 Å². The van der Waals surface area contributed by atoms with Gasteiger partial charge < -0.3 is 21.1 Å². The molecule has 9 nitrogen and oxygen atoms in total. The van der Waals surface area contributed by atoms with Gasteiger partial charge in [-0.25, -0.2) is 17.8 Å². The van der Waals surface area contributed by atoms with E-state index in [1.54, 1.807) is 79.0 Å². The minimum atomic E-state index is -3.74. The molecule has 4 aromatic rings. The fraction of sp³-hybridized carbons (Fsp3) is 0.273. The summed E-state index contributed by atoms with van der Waals surface area (Å²) in [5.41, 5.74) is 8.59.